The van der Waals surface area contributed by atoms with Gasteiger partial charge in [0, 0.05) is 16.5 Å². The van der Waals surface area contributed by atoms with E-state index in [1.54, 1.807) is 36.0 Å². The minimum Gasteiger partial charge on any atom is -0.277 e. The lowest BCUT2D eigenvalue weighted by Crippen LogP contribution is -1.89. The van der Waals surface area contributed by atoms with Gasteiger partial charge >= 0.3 is 0 Å². The third-order valence-corrected chi connectivity index (χ3v) is 5.35. The smallest absolute Gasteiger partial charge is 0.123 e. The largest absolute Gasteiger partial charge is 0.277 e. The first kappa shape index (κ1) is 15.8. The van der Waals surface area contributed by atoms with Crippen molar-refractivity contribution in [3.8, 4) is 33.0 Å². The van der Waals surface area contributed by atoms with Gasteiger partial charge in [-0.2, -0.15) is 5.10 Å². The van der Waals surface area contributed by atoms with Gasteiger partial charge in [0.2, 0.25) is 0 Å². The molecule has 0 spiro atoms. The van der Waals surface area contributed by atoms with E-state index < -0.39 is 0 Å². The molecule has 5 aromatic rings. The predicted octanol–water partition coefficient (Wildman–Crippen LogP) is 5.55. The summed E-state index contributed by atoms with van der Waals surface area (Å²) in [7, 11) is 0. The Morgan fingerprint density at radius 2 is 1.78 bits per heavy atom. The number of thiophene rings is 1. The molecular weight excluding hydrogens is 359 g/mol. The van der Waals surface area contributed by atoms with Crippen LogP contribution >= 0.6 is 11.3 Å². The lowest BCUT2D eigenvalue weighted by atomic mass is 9.99. The first-order chi connectivity index (χ1) is 13.3. The molecule has 1 N–H and O–H groups in total. The van der Waals surface area contributed by atoms with Gasteiger partial charge in [-0.05, 0) is 53.4 Å². The molecule has 130 valence electrons. The highest BCUT2D eigenvalue weighted by Gasteiger charge is 2.13. The van der Waals surface area contributed by atoms with Crippen LogP contribution in [-0.4, -0.2) is 20.2 Å². The molecule has 0 aliphatic heterocycles. The van der Waals surface area contributed by atoms with E-state index in [-0.39, 0.29) is 5.82 Å². The number of nitrogens with one attached hydrogen (secondary N) is 1. The molecule has 0 unspecified atom stereocenters. The molecule has 2 aromatic carbocycles. The van der Waals surface area contributed by atoms with E-state index in [1.165, 1.54) is 12.1 Å². The average Bonchev–Trinajstić information content (AvgIpc) is 3.40. The van der Waals surface area contributed by atoms with Gasteiger partial charge in [0.25, 0.3) is 0 Å². The first-order valence-electron chi connectivity index (χ1n) is 8.38. The average molecular weight is 372 g/mol. The van der Waals surface area contributed by atoms with Crippen LogP contribution in [0.15, 0.2) is 72.5 Å². The van der Waals surface area contributed by atoms with Crippen LogP contribution in [-0.2, 0) is 0 Å². The lowest BCUT2D eigenvalue weighted by Gasteiger charge is -2.07. The molecule has 0 radical (unpaired) electrons. The Morgan fingerprint density at radius 3 is 2.59 bits per heavy atom. The number of rotatable bonds is 3. The number of aromatic nitrogens is 4. The van der Waals surface area contributed by atoms with Crippen molar-refractivity contribution < 1.29 is 4.39 Å². The van der Waals surface area contributed by atoms with Crippen molar-refractivity contribution in [1.82, 2.24) is 20.2 Å². The molecule has 0 bridgehead atoms. The summed E-state index contributed by atoms with van der Waals surface area (Å²) >= 11 is 1.65. The fourth-order valence-corrected chi connectivity index (χ4v) is 3.91. The minimum absolute atomic E-state index is 0.261. The van der Waals surface area contributed by atoms with Crippen LogP contribution in [0.25, 0.3) is 43.9 Å². The zero-order valence-electron chi connectivity index (χ0n) is 14.1. The lowest BCUT2D eigenvalue weighted by molar-refractivity contribution is 0.628. The van der Waals surface area contributed by atoms with Gasteiger partial charge in [-0.25, -0.2) is 14.4 Å². The fourth-order valence-electron chi connectivity index (χ4n) is 3.18. The highest BCUT2D eigenvalue weighted by molar-refractivity contribution is 7.13. The second kappa shape index (κ2) is 6.41. The van der Waals surface area contributed by atoms with Crippen molar-refractivity contribution in [1.29, 1.82) is 0 Å². The van der Waals surface area contributed by atoms with Crippen molar-refractivity contribution in [2.45, 2.75) is 0 Å². The number of fused-ring (bicyclic) bond motifs is 1. The zero-order chi connectivity index (χ0) is 18.2. The second-order valence-corrected chi connectivity index (χ2v) is 7.04. The van der Waals surface area contributed by atoms with E-state index in [1.807, 2.05) is 23.6 Å². The third kappa shape index (κ3) is 2.80. The Balaban J connectivity index is 1.68. The summed E-state index contributed by atoms with van der Waals surface area (Å²) in [6.07, 6.45) is 3.38. The van der Waals surface area contributed by atoms with Crippen LogP contribution < -0.4 is 0 Å². The Hall–Kier alpha value is -3.38. The molecule has 0 saturated carbocycles. The third-order valence-electron chi connectivity index (χ3n) is 4.47. The summed E-state index contributed by atoms with van der Waals surface area (Å²) < 4.78 is 13.3. The van der Waals surface area contributed by atoms with Gasteiger partial charge in [-0.15, -0.1) is 11.3 Å². The van der Waals surface area contributed by atoms with Crippen molar-refractivity contribution in [3.63, 3.8) is 0 Å². The van der Waals surface area contributed by atoms with Crippen LogP contribution in [0.3, 0.4) is 0 Å². The maximum atomic E-state index is 13.3. The quantitative estimate of drug-likeness (QED) is 0.451. The Labute approximate surface area is 158 Å². The SMILES string of the molecule is Fc1ccc(-c2[nH]ncc2-c2ccc3ncnc(-c4cccs4)c3c2)cc1. The van der Waals surface area contributed by atoms with Gasteiger partial charge in [-0.3, -0.25) is 5.10 Å². The number of aromatic amines is 1. The van der Waals surface area contributed by atoms with Crippen LogP contribution in [0.2, 0.25) is 0 Å². The normalized spacial score (nSPS) is 11.1. The van der Waals surface area contributed by atoms with Gasteiger partial charge in [-0.1, -0.05) is 12.1 Å². The summed E-state index contributed by atoms with van der Waals surface area (Å²) in [6, 6.07) is 16.5. The maximum Gasteiger partial charge on any atom is 0.123 e. The van der Waals surface area contributed by atoms with Gasteiger partial charge < -0.3 is 0 Å². The molecule has 4 nitrogen and oxygen atoms in total. The molecule has 0 amide bonds. The summed E-state index contributed by atoms with van der Waals surface area (Å²) in [5.41, 5.74) is 5.50. The Kier molecular flexibility index (Phi) is 3.76. The molecule has 6 heteroatoms. The number of H-pyrrole nitrogens is 1. The summed E-state index contributed by atoms with van der Waals surface area (Å²) in [5.74, 6) is -0.261. The monoisotopic (exact) mass is 372 g/mol. The molecule has 27 heavy (non-hydrogen) atoms. The molecule has 3 heterocycles. The Morgan fingerprint density at radius 1 is 0.926 bits per heavy atom. The summed E-state index contributed by atoms with van der Waals surface area (Å²) in [6.45, 7) is 0. The number of hydrogen-bond acceptors (Lipinski definition) is 4. The van der Waals surface area contributed by atoms with E-state index >= 15 is 0 Å². The van der Waals surface area contributed by atoms with E-state index in [0.717, 1.165) is 43.9 Å². The fraction of sp³-hybridized carbons (Fsp3) is 0. The topological polar surface area (TPSA) is 54.5 Å². The van der Waals surface area contributed by atoms with Gasteiger partial charge in [0.1, 0.15) is 12.1 Å². The number of halogens is 1. The zero-order valence-corrected chi connectivity index (χ0v) is 14.9. The highest BCUT2D eigenvalue weighted by atomic mass is 32.1. The van der Waals surface area contributed by atoms with Crippen LogP contribution in [0.4, 0.5) is 4.39 Å². The van der Waals surface area contributed by atoms with Crippen LogP contribution in [0.5, 0.6) is 0 Å². The minimum atomic E-state index is -0.261. The Bertz CT molecular complexity index is 1230. The van der Waals surface area contributed by atoms with Gasteiger partial charge in [0.05, 0.1) is 28.0 Å². The van der Waals surface area contributed by atoms with Crippen LogP contribution in [0.1, 0.15) is 0 Å². The van der Waals surface area contributed by atoms with Crippen molar-refractivity contribution >= 4 is 22.2 Å². The molecule has 0 aliphatic rings. The highest BCUT2D eigenvalue weighted by Crippen LogP contribution is 2.35. The number of hydrogen-bond donors (Lipinski definition) is 1. The molecule has 0 saturated heterocycles. The molecule has 0 atom stereocenters. The second-order valence-electron chi connectivity index (χ2n) is 6.10. The van der Waals surface area contributed by atoms with E-state index in [9.17, 15) is 4.39 Å². The van der Waals surface area contributed by atoms with Crippen molar-refractivity contribution in [2.75, 3.05) is 0 Å². The number of nitrogens with zero attached hydrogens (tertiary/aromatic N) is 3. The molecule has 5 rings (SSSR count). The van der Waals surface area contributed by atoms with E-state index in [2.05, 4.69) is 32.3 Å². The molecule has 0 aliphatic carbocycles. The standard InChI is InChI=1S/C21H13FN4S/c22-15-6-3-13(4-7-15)20-17(11-25-26-20)14-5-8-18-16(10-14)21(24-12-23-18)19-2-1-9-27-19/h1-12H,(H,25,26). The van der Waals surface area contributed by atoms with Crippen LogP contribution in [0, 0.1) is 5.82 Å². The molecule has 0 fully saturated rings. The van der Waals surface area contributed by atoms with E-state index in [4.69, 9.17) is 0 Å². The van der Waals surface area contributed by atoms with Crippen molar-refractivity contribution in [3.05, 3.63) is 78.3 Å². The summed E-state index contributed by atoms with van der Waals surface area (Å²) in [4.78, 5) is 9.99. The molecule has 3 aromatic heterocycles. The summed E-state index contributed by atoms with van der Waals surface area (Å²) in [5, 5.41) is 10.3. The number of benzene rings is 2. The van der Waals surface area contributed by atoms with Gasteiger partial charge in [0.15, 0.2) is 0 Å². The molecular formula is C21H13FN4S. The van der Waals surface area contributed by atoms with Crippen molar-refractivity contribution in [2.24, 2.45) is 0 Å². The van der Waals surface area contributed by atoms with E-state index in [0.29, 0.717) is 0 Å². The first-order valence-corrected chi connectivity index (χ1v) is 9.26. The predicted molar refractivity (Wildman–Crippen MR) is 106 cm³/mol. The maximum absolute atomic E-state index is 13.3.